The molecule has 134 valence electrons. The van der Waals surface area contributed by atoms with Crippen molar-refractivity contribution < 1.29 is 21.6 Å². The van der Waals surface area contributed by atoms with E-state index in [0.717, 1.165) is 17.1 Å². The molecule has 1 aromatic rings. The number of sulfonamides is 2. The second-order valence-corrected chi connectivity index (χ2v) is 9.86. The molecule has 0 radical (unpaired) electrons. The van der Waals surface area contributed by atoms with Gasteiger partial charge in [-0.05, 0) is 30.7 Å². The minimum Gasteiger partial charge on any atom is -0.273 e. The fraction of sp³-hybridized carbons (Fsp3) is 0.533. The summed E-state index contributed by atoms with van der Waals surface area (Å²) < 4.78 is 51.1. The predicted molar refractivity (Wildman–Crippen MR) is 91.6 cm³/mol. The molecule has 24 heavy (non-hydrogen) atoms. The van der Waals surface area contributed by atoms with Crippen LogP contribution in [0.25, 0.3) is 0 Å². The van der Waals surface area contributed by atoms with E-state index in [1.165, 1.54) is 35.6 Å². The minimum absolute atomic E-state index is 0.0712. The Balaban J connectivity index is 2.30. The van der Waals surface area contributed by atoms with Crippen LogP contribution < -0.4 is 4.31 Å². The summed E-state index contributed by atoms with van der Waals surface area (Å²) in [5, 5.41) is 0. The highest BCUT2D eigenvalue weighted by molar-refractivity contribution is 7.94. The second-order valence-electron chi connectivity index (χ2n) is 5.96. The van der Waals surface area contributed by atoms with Crippen molar-refractivity contribution in [1.29, 1.82) is 0 Å². The summed E-state index contributed by atoms with van der Waals surface area (Å²) in [4.78, 5) is 12.1. The molecular formula is C15H22N2O5S2. The van der Waals surface area contributed by atoms with E-state index in [1.54, 1.807) is 6.92 Å². The van der Waals surface area contributed by atoms with E-state index in [-0.39, 0.29) is 16.3 Å². The van der Waals surface area contributed by atoms with Crippen molar-refractivity contribution in [2.75, 3.05) is 23.7 Å². The molecule has 0 bridgehead atoms. The van der Waals surface area contributed by atoms with Crippen molar-refractivity contribution in [1.82, 2.24) is 4.31 Å². The van der Waals surface area contributed by atoms with Crippen LogP contribution in [0.15, 0.2) is 29.2 Å². The van der Waals surface area contributed by atoms with Gasteiger partial charge in [0, 0.05) is 13.6 Å². The van der Waals surface area contributed by atoms with Gasteiger partial charge in [-0.3, -0.25) is 4.79 Å². The number of rotatable bonds is 6. The molecular weight excluding hydrogens is 352 g/mol. The van der Waals surface area contributed by atoms with Gasteiger partial charge < -0.3 is 0 Å². The summed E-state index contributed by atoms with van der Waals surface area (Å²) in [6, 6.07) is 5.37. The van der Waals surface area contributed by atoms with E-state index >= 15 is 0 Å². The predicted octanol–water partition coefficient (Wildman–Crippen LogP) is 1.42. The Morgan fingerprint density at radius 1 is 1.25 bits per heavy atom. The molecule has 1 aliphatic heterocycles. The van der Waals surface area contributed by atoms with Crippen molar-refractivity contribution in [3.8, 4) is 0 Å². The maximum Gasteiger partial charge on any atom is 0.244 e. The van der Waals surface area contributed by atoms with Crippen LogP contribution in [0, 0.1) is 5.92 Å². The van der Waals surface area contributed by atoms with Crippen molar-refractivity contribution in [3.63, 3.8) is 0 Å². The van der Waals surface area contributed by atoms with Crippen LogP contribution in [-0.4, -0.2) is 46.4 Å². The first kappa shape index (κ1) is 18.9. The molecule has 7 nitrogen and oxygen atoms in total. The van der Waals surface area contributed by atoms with E-state index in [1.807, 2.05) is 6.92 Å². The zero-order valence-electron chi connectivity index (χ0n) is 14.0. The first-order valence-corrected chi connectivity index (χ1v) is 10.8. The van der Waals surface area contributed by atoms with E-state index in [4.69, 9.17) is 0 Å². The quantitative estimate of drug-likeness (QED) is 0.751. The maximum atomic E-state index is 12.4. The van der Waals surface area contributed by atoms with Gasteiger partial charge in [-0.1, -0.05) is 20.3 Å². The summed E-state index contributed by atoms with van der Waals surface area (Å²) in [6.45, 7) is 3.95. The first-order chi connectivity index (χ1) is 11.1. The third-order valence-corrected chi connectivity index (χ3v) is 7.71. The Morgan fingerprint density at radius 3 is 2.29 bits per heavy atom. The van der Waals surface area contributed by atoms with Gasteiger partial charge in [-0.15, -0.1) is 0 Å². The highest BCUT2D eigenvalue weighted by atomic mass is 32.2. The Morgan fingerprint density at radius 2 is 1.83 bits per heavy atom. The van der Waals surface area contributed by atoms with Gasteiger partial charge in [0.25, 0.3) is 0 Å². The van der Waals surface area contributed by atoms with Crippen LogP contribution >= 0.6 is 0 Å². The summed E-state index contributed by atoms with van der Waals surface area (Å²) >= 11 is 0. The Kier molecular flexibility index (Phi) is 5.36. The second kappa shape index (κ2) is 6.81. The molecule has 0 saturated carbocycles. The molecule has 1 amide bonds. The molecule has 1 saturated heterocycles. The maximum absolute atomic E-state index is 12.4. The lowest BCUT2D eigenvalue weighted by Gasteiger charge is -2.18. The largest absolute Gasteiger partial charge is 0.273 e. The van der Waals surface area contributed by atoms with Crippen molar-refractivity contribution in [2.24, 2.45) is 5.92 Å². The van der Waals surface area contributed by atoms with Crippen molar-refractivity contribution in [3.05, 3.63) is 24.3 Å². The monoisotopic (exact) mass is 374 g/mol. The SMILES string of the molecule is CCCCN(C)S(=O)(=O)c1ccc(N2C(=O)C(C)CS2(=O)=O)cc1. The van der Waals surface area contributed by atoms with Gasteiger partial charge in [-0.25, -0.2) is 25.4 Å². The van der Waals surface area contributed by atoms with E-state index in [0.29, 0.717) is 6.54 Å². The molecule has 0 N–H and O–H groups in total. The lowest BCUT2D eigenvalue weighted by Crippen LogP contribution is -2.30. The van der Waals surface area contributed by atoms with E-state index in [9.17, 15) is 21.6 Å². The van der Waals surface area contributed by atoms with Crippen LogP contribution in [-0.2, 0) is 24.8 Å². The van der Waals surface area contributed by atoms with Gasteiger partial charge in [0.2, 0.25) is 26.0 Å². The topological polar surface area (TPSA) is 91.8 Å². The van der Waals surface area contributed by atoms with Crippen LogP contribution in [0.1, 0.15) is 26.7 Å². The summed E-state index contributed by atoms with van der Waals surface area (Å²) in [6.07, 6.45) is 1.64. The number of carbonyl (C=O) groups excluding carboxylic acids is 1. The molecule has 1 atom stereocenters. The number of carbonyl (C=O) groups is 1. The van der Waals surface area contributed by atoms with Gasteiger partial charge in [-0.2, -0.15) is 0 Å². The number of anilines is 1. The van der Waals surface area contributed by atoms with E-state index < -0.39 is 31.9 Å². The summed E-state index contributed by atoms with van der Waals surface area (Å²) in [5.41, 5.74) is 0.166. The van der Waals surface area contributed by atoms with Crippen LogP contribution in [0.2, 0.25) is 0 Å². The molecule has 1 fully saturated rings. The zero-order chi connectivity index (χ0) is 18.1. The van der Waals surface area contributed by atoms with Gasteiger partial charge >= 0.3 is 0 Å². The molecule has 0 spiro atoms. The number of nitrogens with zero attached hydrogens (tertiary/aromatic N) is 2. The number of hydrogen-bond acceptors (Lipinski definition) is 5. The average molecular weight is 374 g/mol. The molecule has 0 aliphatic carbocycles. The van der Waals surface area contributed by atoms with Crippen LogP contribution in [0.5, 0.6) is 0 Å². The van der Waals surface area contributed by atoms with Crippen LogP contribution in [0.3, 0.4) is 0 Å². The molecule has 0 aromatic heterocycles. The fourth-order valence-electron chi connectivity index (χ4n) is 2.52. The third-order valence-electron chi connectivity index (χ3n) is 3.97. The van der Waals surface area contributed by atoms with Crippen molar-refractivity contribution in [2.45, 2.75) is 31.6 Å². The van der Waals surface area contributed by atoms with Crippen molar-refractivity contribution >= 4 is 31.6 Å². The number of unbranched alkanes of at least 4 members (excludes halogenated alkanes) is 1. The van der Waals surface area contributed by atoms with Gasteiger partial charge in [0.1, 0.15) is 0 Å². The summed E-state index contributed by atoms with van der Waals surface area (Å²) in [7, 11) is -5.81. The Labute approximate surface area is 143 Å². The zero-order valence-corrected chi connectivity index (χ0v) is 15.6. The number of amides is 1. The summed E-state index contributed by atoms with van der Waals surface area (Å²) in [5.74, 6) is -1.32. The highest BCUT2D eigenvalue weighted by Gasteiger charge is 2.42. The smallest absolute Gasteiger partial charge is 0.244 e. The van der Waals surface area contributed by atoms with Gasteiger partial charge in [0.05, 0.1) is 22.3 Å². The standard InChI is InChI=1S/C15H22N2O5S2/c1-4-5-10-16(3)24(21,22)14-8-6-13(7-9-14)17-15(18)12(2)11-23(17,19)20/h6-9,12H,4-5,10-11H2,1-3H3. The first-order valence-electron chi connectivity index (χ1n) is 7.74. The van der Waals surface area contributed by atoms with E-state index in [2.05, 4.69) is 0 Å². The molecule has 1 aliphatic rings. The molecule has 1 aromatic carbocycles. The number of benzene rings is 1. The normalized spacial score (nSPS) is 20.8. The Bertz CT molecular complexity index is 816. The third kappa shape index (κ3) is 3.47. The molecule has 1 unspecified atom stereocenters. The average Bonchev–Trinajstić information content (AvgIpc) is 2.72. The van der Waals surface area contributed by atoms with Crippen LogP contribution in [0.4, 0.5) is 5.69 Å². The fourth-order valence-corrected chi connectivity index (χ4v) is 5.55. The molecule has 2 rings (SSSR count). The molecule has 1 heterocycles. The Hall–Kier alpha value is -1.45. The van der Waals surface area contributed by atoms with Gasteiger partial charge in [0.15, 0.2) is 0 Å². The lowest BCUT2D eigenvalue weighted by molar-refractivity contribution is -0.119. The number of hydrogen-bond donors (Lipinski definition) is 0. The minimum atomic E-state index is -3.69. The highest BCUT2D eigenvalue weighted by Crippen LogP contribution is 2.29. The molecule has 9 heteroatoms. The lowest BCUT2D eigenvalue weighted by atomic mass is 10.2.